The van der Waals surface area contributed by atoms with Crippen LogP contribution in [0.5, 0.6) is 0 Å². The fourth-order valence-electron chi connectivity index (χ4n) is 1.93. The maximum absolute atomic E-state index is 11.1. The molecule has 0 radical (unpaired) electrons. The average molecular weight is 208 g/mol. The first-order chi connectivity index (χ1) is 7.05. The highest BCUT2D eigenvalue weighted by Crippen LogP contribution is 2.55. The van der Waals surface area contributed by atoms with Crippen LogP contribution in [0.25, 0.3) is 0 Å². The van der Waals surface area contributed by atoms with Crippen LogP contribution < -0.4 is 0 Å². The van der Waals surface area contributed by atoms with Gasteiger partial charge in [-0.15, -0.1) is 0 Å². The molecule has 15 heavy (non-hydrogen) atoms. The molecule has 0 heterocycles. The summed E-state index contributed by atoms with van der Waals surface area (Å²) in [4.78, 5) is 22.2. The van der Waals surface area contributed by atoms with Crippen molar-refractivity contribution in [3.05, 3.63) is 24.3 Å². The minimum absolute atomic E-state index is 0.237. The molecule has 3 heteroatoms. The van der Waals surface area contributed by atoms with Crippen molar-refractivity contribution in [3.63, 3.8) is 0 Å². The van der Waals surface area contributed by atoms with Gasteiger partial charge in [-0.05, 0) is 31.4 Å². The predicted octanol–water partition coefficient (Wildman–Crippen LogP) is 2.33. The van der Waals surface area contributed by atoms with Gasteiger partial charge in [0.25, 0.3) is 0 Å². The van der Waals surface area contributed by atoms with E-state index in [1.165, 1.54) is 6.08 Å². The summed E-state index contributed by atoms with van der Waals surface area (Å²) in [5, 5.41) is 9.07. The first-order valence-electron chi connectivity index (χ1n) is 5.17. The number of ketones is 1. The summed E-state index contributed by atoms with van der Waals surface area (Å²) < 4.78 is 0. The number of rotatable bonds is 6. The highest BCUT2D eigenvalue weighted by Gasteiger charge is 2.47. The lowest BCUT2D eigenvalue weighted by Crippen LogP contribution is -2.15. The Morgan fingerprint density at radius 1 is 1.47 bits per heavy atom. The molecule has 0 saturated heterocycles. The Morgan fingerprint density at radius 2 is 2.07 bits per heavy atom. The van der Waals surface area contributed by atoms with Crippen molar-refractivity contribution in [1.82, 2.24) is 0 Å². The molecule has 0 aliphatic heterocycles. The largest absolute Gasteiger partial charge is 0.478 e. The Kier molecular flexibility index (Phi) is 3.45. The van der Waals surface area contributed by atoms with E-state index < -0.39 is 5.97 Å². The maximum Gasteiger partial charge on any atom is 0.332 e. The van der Waals surface area contributed by atoms with Crippen LogP contribution in [-0.4, -0.2) is 16.9 Å². The van der Waals surface area contributed by atoms with Gasteiger partial charge in [-0.2, -0.15) is 0 Å². The molecule has 1 aliphatic rings. The third-order valence-electron chi connectivity index (χ3n) is 2.87. The Labute approximate surface area is 89.5 Å². The van der Waals surface area contributed by atoms with E-state index in [2.05, 4.69) is 6.58 Å². The summed E-state index contributed by atoms with van der Waals surface area (Å²) in [5.74, 6) is -1.30. The first kappa shape index (κ1) is 11.7. The number of aliphatic carboxylic acids is 1. The quantitative estimate of drug-likeness (QED) is 0.681. The van der Waals surface area contributed by atoms with Crippen LogP contribution in [0.2, 0.25) is 0 Å². The van der Waals surface area contributed by atoms with Crippen LogP contribution in [0.1, 0.15) is 32.6 Å². The lowest BCUT2D eigenvalue weighted by molar-refractivity contribution is -0.133. The van der Waals surface area contributed by atoms with Crippen molar-refractivity contribution in [2.45, 2.75) is 32.6 Å². The molecular weight excluding hydrogens is 192 g/mol. The molecule has 0 unspecified atom stereocenters. The highest BCUT2D eigenvalue weighted by molar-refractivity contribution is 6.05. The second-order valence-electron chi connectivity index (χ2n) is 4.00. The summed E-state index contributed by atoms with van der Waals surface area (Å²) in [5.41, 5.74) is 0.0217. The van der Waals surface area contributed by atoms with E-state index in [0.29, 0.717) is 0 Å². The average Bonchev–Trinajstić information content (AvgIpc) is 2.94. The van der Waals surface area contributed by atoms with Gasteiger partial charge in [0.15, 0.2) is 5.78 Å². The van der Waals surface area contributed by atoms with Gasteiger partial charge >= 0.3 is 5.97 Å². The minimum atomic E-state index is -0.976. The number of carbonyl (C=O) groups excluding carboxylic acids is 1. The summed E-state index contributed by atoms with van der Waals surface area (Å²) in [6, 6.07) is 0. The van der Waals surface area contributed by atoms with Crippen molar-refractivity contribution in [3.8, 4) is 0 Å². The van der Waals surface area contributed by atoms with Crippen LogP contribution in [0.4, 0.5) is 0 Å². The van der Waals surface area contributed by atoms with Crippen molar-refractivity contribution >= 4 is 11.8 Å². The third-order valence-corrected chi connectivity index (χ3v) is 2.87. The molecular formula is C12H16O3. The summed E-state index contributed by atoms with van der Waals surface area (Å²) >= 11 is 0. The SMILES string of the molecule is C=CC(=O)C=C(C(=O)O)C1(CCC)CC1. The van der Waals surface area contributed by atoms with Gasteiger partial charge in [0.2, 0.25) is 0 Å². The number of carboxylic acid groups (broad SMARTS) is 1. The predicted molar refractivity (Wildman–Crippen MR) is 57.5 cm³/mol. The smallest absolute Gasteiger partial charge is 0.332 e. The van der Waals surface area contributed by atoms with E-state index >= 15 is 0 Å². The monoisotopic (exact) mass is 208 g/mol. The lowest BCUT2D eigenvalue weighted by Gasteiger charge is -2.14. The zero-order valence-electron chi connectivity index (χ0n) is 8.95. The van der Waals surface area contributed by atoms with E-state index in [9.17, 15) is 9.59 Å². The van der Waals surface area contributed by atoms with E-state index in [1.807, 2.05) is 6.92 Å². The second kappa shape index (κ2) is 4.43. The lowest BCUT2D eigenvalue weighted by atomic mass is 9.90. The molecule has 0 aromatic rings. The van der Waals surface area contributed by atoms with Crippen LogP contribution in [0, 0.1) is 5.41 Å². The molecule has 1 N–H and O–H groups in total. The van der Waals surface area contributed by atoms with Crippen LogP contribution >= 0.6 is 0 Å². The van der Waals surface area contributed by atoms with Gasteiger partial charge in [-0.25, -0.2) is 4.79 Å². The normalized spacial score (nSPS) is 18.3. The molecule has 0 amide bonds. The molecule has 1 rings (SSSR count). The minimum Gasteiger partial charge on any atom is -0.478 e. The van der Waals surface area contributed by atoms with E-state index in [4.69, 9.17) is 5.11 Å². The fourth-order valence-corrected chi connectivity index (χ4v) is 1.93. The van der Waals surface area contributed by atoms with Crippen molar-refractivity contribution in [2.75, 3.05) is 0 Å². The molecule has 0 spiro atoms. The highest BCUT2D eigenvalue weighted by atomic mass is 16.4. The van der Waals surface area contributed by atoms with E-state index in [-0.39, 0.29) is 16.8 Å². The molecule has 0 aromatic heterocycles. The Morgan fingerprint density at radius 3 is 2.40 bits per heavy atom. The zero-order chi connectivity index (χ0) is 11.5. The molecule has 3 nitrogen and oxygen atoms in total. The fraction of sp³-hybridized carbons (Fsp3) is 0.500. The number of hydrogen-bond acceptors (Lipinski definition) is 2. The third kappa shape index (κ3) is 2.55. The standard InChI is InChI=1S/C12H16O3/c1-3-5-12(6-7-12)10(11(14)15)8-9(13)4-2/h4,8H,2-3,5-7H2,1H3,(H,14,15). The summed E-state index contributed by atoms with van der Waals surface area (Å²) in [6.07, 6.45) is 5.90. The summed E-state index contributed by atoms with van der Waals surface area (Å²) in [7, 11) is 0. The Bertz CT molecular complexity index is 322. The van der Waals surface area contributed by atoms with E-state index in [1.54, 1.807) is 0 Å². The molecule has 82 valence electrons. The van der Waals surface area contributed by atoms with Crippen LogP contribution in [-0.2, 0) is 9.59 Å². The van der Waals surface area contributed by atoms with E-state index in [0.717, 1.165) is 31.8 Å². The molecule has 1 fully saturated rings. The van der Waals surface area contributed by atoms with Crippen molar-refractivity contribution in [2.24, 2.45) is 5.41 Å². The molecule has 0 aromatic carbocycles. The molecule has 1 aliphatic carbocycles. The molecule has 1 saturated carbocycles. The number of hydrogen-bond donors (Lipinski definition) is 1. The topological polar surface area (TPSA) is 54.4 Å². The van der Waals surface area contributed by atoms with Crippen molar-refractivity contribution in [1.29, 1.82) is 0 Å². The van der Waals surface area contributed by atoms with Gasteiger partial charge in [0.1, 0.15) is 0 Å². The van der Waals surface area contributed by atoms with Gasteiger partial charge in [0, 0.05) is 11.0 Å². The Balaban J connectivity index is 2.93. The number of carbonyl (C=O) groups is 2. The van der Waals surface area contributed by atoms with Gasteiger partial charge < -0.3 is 5.11 Å². The second-order valence-corrected chi connectivity index (χ2v) is 4.00. The van der Waals surface area contributed by atoms with Gasteiger partial charge in [0.05, 0.1) is 0 Å². The van der Waals surface area contributed by atoms with Crippen molar-refractivity contribution < 1.29 is 14.7 Å². The first-order valence-corrected chi connectivity index (χ1v) is 5.17. The van der Waals surface area contributed by atoms with Crippen LogP contribution in [0.15, 0.2) is 24.3 Å². The summed E-state index contributed by atoms with van der Waals surface area (Å²) in [6.45, 7) is 5.36. The number of allylic oxidation sites excluding steroid dienone is 2. The molecule has 0 bridgehead atoms. The van der Waals surface area contributed by atoms with Gasteiger partial charge in [-0.3, -0.25) is 4.79 Å². The molecule has 0 atom stereocenters. The van der Waals surface area contributed by atoms with Gasteiger partial charge in [-0.1, -0.05) is 19.9 Å². The zero-order valence-corrected chi connectivity index (χ0v) is 8.95. The number of carboxylic acids is 1. The Hall–Kier alpha value is -1.38. The van der Waals surface area contributed by atoms with Crippen LogP contribution in [0.3, 0.4) is 0 Å². The maximum atomic E-state index is 11.1.